The summed E-state index contributed by atoms with van der Waals surface area (Å²) in [5.41, 5.74) is 1.51. The summed E-state index contributed by atoms with van der Waals surface area (Å²) in [6.45, 7) is 0. The van der Waals surface area contributed by atoms with Crippen LogP contribution in [0, 0.1) is 28.6 Å². The van der Waals surface area contributed by atoms with Gasteiger partial charge in [-0.2, -0.15) is 10.5 Å². The van der Waals surface area contributed by atoms with E-state index in [1.54, 1.807) is 12.1 Å². The lowest BCUT2D eigenvalue weighted by Crippen LogP contribution is -2.06. The van der Waals surface area contributed by atoms with Gasteiger partial charge in [0, 0.05) is 17.9 Å². The molecule has 0 heterocycles. The molecule has 1 aromatic carbocycles. The van der Waals surface area contributed by atoms with Crippen molar-refractivity contribution in [2.45, 2.75) is 12.3 Å². The van der Waals surface area contributed by atoms with Crippen LogP contribution in [0.3, 0.4) is 0 Å². The topological polar surface area (TPSA) is 64.7 Å². The van der Waals surface area contributed by atoms with E-state index in [9.17, 15) is 4.79 Å². The van der Waals surface area contributed by atoms with Crippen LogP contribution >= 0.6 is 0 Å². The van der Waals surface area contributed by atoms with Gasteiger partial charge in [-0.15, -0.1) is 0 Å². The van der Waals surface area contributed by atoms with E-state index in [0.29, 0.717) is 5.56 Å². The van der Waals surface area contributed by atoms with Gasteiger partial charge in [0.2, 0.25) is 0 Å². The first-order valence-electron chi connectivity index (χ1n) is 4.69. The van der Waals surface area contributed by atoms with Crippen molar-refractivity contribution in [1.29, 1.82) is 10.5 Å². The Morgan fingerprint density at radius 2 is 1.93 bits per heavy atom. The second-order valence-electron chi connectivity index (χ2n) is 3.56. The van der Waals surface area contributed by atoms with Gasteiger partial charge < -0.3 is 0 Å². The number of rotatable bonds is 1. The van der Waals surface area contributed by atoms with Crippen molar-refractivity contribution in [2.24, 2.45) is 5.92 Å². The number of fused-ring (bicyclic) bond motifs is 1. The van der Waals surface area contributed by atoms with Gasteiger partial charge in [0.25, 0.3) is 0 Å². The summed E-state index contributed by atoms with van der Waals surface area (Å²) in [5, 5.41) is 17.6. The first-order chi connectivity index (χ1) is 7.27. The Kier molecular flexibility index (Phi) is 2.23. The van der Waals surface area contributed by atoms with Gasteiger partial charge in [0.05, 0.1) is 12.1 Å². The second kappa shape index (κ2) is 3.55. The molecule has 1 aromatic rings. The normalized spacial score (nSPS) is 18.3. The summed E-state index contributed by atoms with van der Waals surface area (Å²) in [6, 6.07) is 11.1. The van der Waals surface area contributed by atoms with E-state index in [1.165, 1.54) is 0 Å². The monoisotopic (exact) mass is 196 g/mol. The molecule has 0 aliphatic heterocycles. The van der Waals surface area contributed by atoms with E-state index in [4.69, 9.17) is 10.5 Å². The fourth-order valence-corrected chi connectivity index (χ4v) is 2.00. The van der Waals surface area contributed by atoms with Gasteiger partial charge in [0.15, 0.2) is 5.78 Å². The number of carbonyl (C=O) groups excluding carboxylic acids is 1. The highest BCUT2D eigenvalue weighted by Crippen LogP contribution is 2.37. The lowest BCUT2D eigenvalue weighted by atomic mass is 9.89. The van der Waals surface area contributed by atoms with Crippen LogP contribution in [0.5, 0.6) is 0 Å². The van der Waals surface area contributed by atoms with Crippen molar-refractivity contribution in [3.8, 4) is 12.1 Å². The first-order valence-corrected chi connectivity index (χ1v) is 4.69. The lowest BCUT2D eigenvalue weighted by molar-refractivity contribution is 0.0987. The van der Waals surface area contributed by atoms with E-state index in [-0.39, 0.29) is 18.1 Å². The molecule has 1 atom stereocenters. The van der Waals surface area contributed by atoms with Crippen molar-refractivity contribution in [3.05, 3.63) is 35.4 Å². The highest BCUT2D eigenvalue weighted by Gasteiger charge is 2.34. The van der Waals surface area contributed by atoms with E-state index >= 15 is 0 Å². The van der Waals surface area contributed by atoms with Gasteiger partial charge in [-0.05, 0) is 5.56 Å². The van der Waals surface area contributed by atoms with Crippen LogP contribution in [0.25, 0.3) is 0 Å². The summed E-state index contributed by atoms with van der Waals surface area (Å²) >= 11 is 0. The Balaban J connectivity index is 2.47. The van der Waals surface area contributed by atoms with Crippen LogP contribution < -0.4 is 0 Å². The number of ketones is 1. The third-order valence-corrected chi connectivity index (χ3v) is 2.75. The van der Waals surface area contributed by atoms with Crippen LogP contribution in [0.15, 0.2) is 24.3 Å². The van der Waals surface area contributed by atoms with Gasteiger partial charge in [0.1, 0.15) is 5.92 Å². The third-order valence-electron chi connectivity index (χ3n) is 2.75. The van der Waals surface area contributed by atoms with Crippen LogP contribution in [-0.4, -0.2) is 5.78 Å². The van der Waals surface area contributed by atoms with Crippen LogP contribution in [0.4, 0.5) is 0 Å². The molecular formula is C12H8N2O. The Labute approximate surface area is 87.6 Å². The SMILES string of the molecule is N#CC(C#N)C1CC(=O)c2ccccc21. The van der Waals surface area contributed by atoms with Gasteiger partial charge in [-0.25, -0.2) is 0 Å². The number of hydrogen-bond acceptors (Lipinski definition) is 3. The van der Waals surface area contributed by atoms with Crippen LogP contribution in [0.2, 0.25) is 0 Å². The molecule has 0 fully saturated rings. The molecule has 15 heavy (non-hydrogen) atoms. The zero-order chi connectivity index (χ0) is 10.8. The smallest absolute Gasteiger partial charge is 0.163 e. The molecule has 0 saturated carbocycles. The van der Waals surface area contributed by atoms with E-state index in [2.05, 4.69) is 0 Å². The van der Waals surface area contributed by atoms with Crippen LogP contribution in [0.1, 0.15) is 28.3 Å². The van der Waals surface area contributed by atoms with Crippen molar-refractivity contribution in [2.75, 3.05) is 0 Å². The number of nitrogens with zero attached hydrogens (tertiary/aromatic N) is 2. The zero-order valence-electron chi connectivity index (χ0n) is 7.97. The molecule has 0 N–H and O–H groups in total. The van der Waals surface area contributed by atoms with E-state index in [1.807, 2.05) is 24.3 Å². The summed E-state index contributed by atoms with van der Waals surface area (Å²) in [4.78, 5) is 11.6. The third kappa shape index (κ3) is 1.39. The lowest BCUT2D eigenvalue weighted by Gasteiger charge is -2.09. The maximum atomic E-state index is 11.6. The standard InChI is InChI=1S/C12H8N2O/c13-6-8(7-14)11-5-12(15)10-4-2-1-3-9(10)11/h1-4,8,11H,5H2. The molecule has 1 aliphatic carbocycles. The minimum absolute atomic E-state index is 0.0334. The maximum absolute atomic E-state index is 11.6. The second-order valence-corrected chi connectivity index (χ2v) is 3.56. The number of nitriles is 2. The number of Topliss-reactive ketones (excluding diaryl/α,β-unsaturated/α-hetero) is 1. The Morgan fingerprint density at radius 1 is 1.27 bits per heavy atom. The predicted octanol–water partition coefficient (Wildman–Crippen LogP) is 2.02. The maximum Gasteiger partial charge on any atom is 0.163 e. The minimum atomic E-state index is -0.724. The molecule has 0 saturated heterocycles. The van der Waals surface area contributed by atoms with Crippen LogP contribution in [-0.2, 0) is 0 Å². The average molecular weight is 196 g/mol. The summed E-state index contributed by atoms with van der Waals surface area (Å²) in [5.74, 6) is -0.938. The van der Waals surface area contributed by atoms with Crippen molar-refractivity contribution < 1.29 is 4.79 Å². The molecule has 3 heteroatoms. The molecular weight excluding hydrogens is 188 g/mol. The highest BCUT2D eigenvalue weighted by molar-refractivity contribution is 6.01. The molecule has 1 aliphatic rings. The summed E-state index contributed by atoms with van der Waals surface area (Å²) < 4.78 is 0. The van der Waals surface area contributed by atoms with Gasteiger partial charge in [-0.1, -0.05) is 24.3 Å². The zero-order valence-corrected chi connectivity index (χ0v) is 7.97. The van der Waals surface area contributed by atoms with Crippen molar-refractivity contribution in [1.82, 2.24) is 0 Å². The van der Waals surface area contributed by atoms with E-state index < -0.39 is 5.92 Å². The van der Waals surface area contributed by atoms with Crippen molar-refractivity contribution >= 4 is 5.78 Å². The van der Waals surface area contributed by atoms with Gasteiger partial charge in [-0.3, -0.25) is 4.79 Å². The molecule has 1 unspecified atom stereocenters. The predicted molar refractivity (Wildman–Crippen MR) is 52.8 cm³/mol. The average Bonchev–Trinajstić information content (AvgIpc) is 2.60. The number of carbonyl (C=O) groups is 1. The quantitative estimate of drug-likeness (QED) is 0.690. The summed E-state index contributed by atoms with van der Waals surface area (Å²) in [7, 11) is 0. The molecule has 0 bridgehead atoms. The van der Waals surface area contributed by atoms with Gasteiger partial charge >= 0.3 is 0 Å². The van der Waals surface area contributed by atoms with Crippen molar-refractivity contribution in [3.63, 3.8) is 0 Å². The molecule has 0 amide bonds. The molecule has 0 aromatic heterocycles. The van der Waals surface area contributed by atoms with E-state index in [0.717, 1.165) is 5.56 Å². The fourth-order valence-electron chi connectivity index (χ4n) is 2.00. The Morgan fingerprint density at radius 3 is 2.60 bits per heavy atom. The molecule has 0 spiro atoms. The Bertz CT molecular complexity index is 479. The molecule has 3 nitrogen and oxygen atoms in total. The molecule has 0 radical (unpaired) electrons. The highest BCUT2D eigenvalue weighted by atomic mass is 16.1. The first kappa shape index (κ1) is 9.43. The fraction of sp³-hybridized carbons (Fsp3) is 0.250. The number of benzene rings is 1. The number of hydrogen-bond donors (Lipinski definition) is 0. The Hall–Kier alpha value is -2.13. The molecule has 2 rings (SSSR count). The molecule has 72 valence electrons. The minimum Gasteiger partial charge on any atom is -0.294 e. The summed E-state index contributed by atoms with van der Waals surface area (Å²) in [6.07, 6.45) is 0.283. The largest absolute Gasteiger partial charge is 0.294 e.